The first-order valence-electron chi connectivity index (χ1n) is 6.82. The minimum absolute atomic E-state index is 0.0165. The van der Waals surface area contributed by atoms with E-state index in [1.165, 1.54) is 57.8 Å². The fourth-order valence-electron chi connectivity index (χ4n) is 3.34. The maximum atomic E-state index is 5.86. The van der Waals surface area contributed by atoms with E-state index in [4.69, 9.17) is 10.6 Å². The van der Waals surface area contributed by atoms with Gasteiger partial charge in [-0.3, -0.25) is 11.3 Å². The molecule has 2 aliphatic rings. The molecule has 2 rings (SSSR count). The first kappa shape index (κ1) is 12.3. The normalized spacial score (nSPS) is 27.4. The van der Waals surface area contributed by atoms with Crippen molar-refractivity contribution in [2.75, 3.05) is 7.11 Å². The van der Waals surface area contributed by atoms with Crippen molar-refractivity contribution in [3.05, 3.63) is 0 Å². The Balaban J connectivity index is 1.97. The molecule has 0 bridgehead atoms. The van der Waals surface area contributed by atoms with Gasteiger partial charge in [0, 0.05) is 7.11 Å². The number of nitrogens with one attached hydrogen (secondary N) is 1. The zero-order chi connectivity index (χ0) is 11.4. The quantitative estimate of drug-likeness (QED) is 0.559. The Kier molecular flexibility index (Phi) is 4.22. The number of ether oxygens (including phenoxy) is 1. The summed E-state index contributed by atoms with van der Waals surface area (Å²) in [5.74, 6) is 6.65. The van der Waals surface area contributed by atoms with Gasteiger partial charge in [-0.2, -0.15) is 0 Å². The van der Waals surface area contributed by atoms with Gasteiger partial charge in [-0.1, -0.05) is 38.5 Å². The van der Waals surface area contributed by atoms with Crippen LogP contribution >= 0.6 is 0 Å². The lowest BCUT2D eigenvalue weighted by atomic mass is 9.72. The zero-order valence-corrected chi connectivity index (χ0v) is 10.5. The van der Waals surface area contributed by atoms with E-state index in [2.05, 4.69) is 5.43 Å². The first-order chi connectivity index (χ1) is 7.80. The van der Waals surface area contributed by atoms with Crippen LogP contribution in [0.5, 0.6) is 0 Å². The molecule has 2 fully saturated rings. The summed E-state index contributed by atoms with van der Waals surface area (Å²) in [6.45, 7) is 0. The van der Waals surface area contributed by atoms with E-state index in [0.29, 0.717) is 6.04 Å². The van der Waals surface area contributed by atoms with Gasteiger partial charge in [0.05, 0.1) is 11.6 Å². The zero-order valence-electron chi connectivity index (χ0n) is 10.5. The Bertz CT molecular complexity index is 210. The van der Waals surface area contributed by atoms with E-state index in [1.807, 2.05) is 7.11 Å². The van der Waals surface area contributed by atoms with E-state index in [0.717, 1.165) is 5.92 Å². The standard InChI is InChI=1S/C13H26N2O/c1-16-13(8-3-2-4-9-13)12(15-14)10-11-6-5-7-11/h11-12,15H,2-10,14H2,1H3. The molecule has 3 heteroatoms. The minimum atomic E-state index is 0.0165. The van der Waals surface area contributed by atoms with Crippen LogP contribution in [0.2, 0.25) is 0 Å². The summed E-state index contributed by atoms with van der Waals surface area (Å²) in [5, 5.41) is 0. The molecule has 0 amide bonds. The van der Waals surface area contributed by atoms with Crippen molar-refractivity contribution >= 4 is 0 Å². The van der Waals surface area contributed by atoms with Gasteiger partial charge in [0.1, 0.15) is 0 Å². The second kappa shape index (κ2) is 5.48. The molecule has 0 heterocycles. The third-order valence-corrected chi connectivity index (χ3v) is 4.74. The lowest BCUT2D eigenvalue weighted by Gasteiger charge is -2.44. The molecule has 0 aromatic heterocycles. The highest BCUT2D eigenvalue weighted by molar-refractivity contribution is 4.96. The fraction of sp³-hybridized carbons (Fsp3) is 1.00. The molecule has 16 heavy (non-hydrogen) atoms. The average molecular weight is 226 g/mol. The maximum Gasteiger partial charge on any atom is 0.0844 e. The number of methoxy groups -OCH3 is 1. The third kappa shape index (κ3) is 2.41. The van der Waals surface area contributed by atoms with Gasteiger partial charge in [-0.25, -0.2) is 0 Å². The Hall–Kier alpha value is -0.120. The highest BCUT2D eigenvalue weighted by Crippen LogP contribution is 2.39. The van der Waals surface area contributed by atoms with Gasteiger partial charge in [0.25, 0.3) is 0 Å². The summed E-state index contributed by atoms with van der Waals surface area (Å²) in [4.78, 5) is 0. The van der Waals surface area contributed by atoms with Crippen molar-refractivity contribution in [3.8, 4) is 0 Å². The lowest BCUT2D eigenvalue weighted by molar-refractivity contribution is -0.0748. The summed E-state index contributed by atoms with van der Waals surface area (Å²) >= 11 is 0. The highest BCUT2D eigenvalue weighted by atomic mass is 16.5. The number of hydrogen-bond acceptors (Lipinski definition) is 3. The monoisotopic (exact) mass is 226 g/mol. The molecule has 1 unspecified atom stereocenters. The molecule has 2 aliphatic carbocycles. The number of hydrogen-bond donors (Lipinski definition) is 2. The predicted octanol–water partition coefficient (Wildman–Crippen LogP) is 2.36. The molecule has 94 valence electrons. The van der Waals surface area contributed by atoms with Gasteiger partial charge in [-0.15, -0.1) is 0 Å². The molecular formula is C13H26N2O. The molecule has 0 saturated heterocycles. The minimum Gasteiger partial charge on any atom is -0.377 e. The summed E-state index contributed by atoms with van der Waals surface area (Å²) < 4.78 is 5.86. The van der Waals surface area contributed by atoms with Crippen molar-refractivity contribution in [1.29, 1.82) is 0 Å². The molecule has 0 aromatic rings. The molecule has 0 aliphatic heterocycles. The van der Waals surface area contributed by atoms with Crippen LogP contribution in [0.3, 0.4) is 0 Å². The van der Waals surface area contributed by atoms with E-state index in [-0.39, 0.29) is 5.60 Å². The number of hydrazine groups is 1. The summed E-state index contributed by atoms with van der Waals surface area (Å²) in [6, 6.07) is 0.350. The van der Waals surface area contributed by atoms with Crippen molar-refractivity contribution in [2.24, 2.45) is 11.8 Å². The second-order valence-electron chi connectivity index (χ2n) is 5.58. The predicted molar refractivity (Wildman–Crippen MR) is 65.9 cm³/mol. The largest absolute Gasteiger partial charge is 0.377 e. The molecule has 0 radical (unpaired) electrons. The van der Waals surface area contributed by atoms with Crippen LogP contribution in [0.15, 0.2) is 0 Å². The number of nitrogens with two attached hydrogens (primary N) is 1. The Morgan fingerprint density at radius 1 is 1.25 bits per heavy atom. The van der Waals surface area contributed by atoms with Gasteiger partial charge in [-0.05, 0) is 25.2 Å². The van der Waals surface area contributed by atoms with Crippen molar-refractivity contribution in [1.82, 2.24) is 5.43 Å². The van der Waals surface area contributed by atoms with Crippen LogP contribution in [0, 0.1) is 5.92 Å². The summed E-state index contributed by atoms with van der Waals surface area (Å²) in [7, 11) is 1.86. The van der Waals surface area contributed by atoms with Crippen LogP contribution in [0.1, 0.15) is 57.8 Å². The molecule has 0 spiro atoms. The summed E-state index contributed by atoms with van der Waals surface area (Å²) in [6.07, 6.45) is 11.7. The van der Waals surface area contributed by atoms with Crippen LogP contribution in [0.4, 0.5) is 0 Å². The average Bonchev–Trinajstić information content (AvgIpc) is 2.29. The van der Waals surface area contributed by atoms with Gasteiger partial charge < -0.3 is 4.74 Å². The Morgan fingerprint density at radius 3 is 2.38 bits per heavy atom. The van der Waals surface area contributed by atoms with Crippen LogP contribution in [-0.4, -0.2) is 18.8 Å². The molecule has 3 nitrogen and oxygen atoms in total. The van der Waals surface area contributed by atoms with Gasteiger partial charge >= 0.3 is 0 Å². The molecule has 0 aromatic carbocycles. The van der Waals surface area contributed by atoms with Crippen molar-refractivity contribution < 1.29 is 4.74 Å². The van der Waals surface area contributed by atoms with Crippen molar-refractivity contribution in [2.45, 2.75) is 69.4 Å². The topological polar surface area (TPSA) is 47.3 Å². The second-order valence-corrected chi connectivity index (χ2v) is 5.58. The first-order valence-corrected chi connectivity index (χ1v) is 6.82. The summed E-state index contributed by atoms with van der Waals surface area (Å²) in [5.41, 5.74) is 3.05. The van der Waals surface area contributed by atoms with E-state index < -0.39 is 0 Å². The van der Waals surface area contributed by atoms with E-state index >= 15 is 0 Å². The molecule has 3 N–H and O–H groups in total. The van der Waals surface area contributed by atoms with Crippen LogP contribution in [-0.2, 0) is 4.74 Å². The SMILES string of the molecule is COC1(C(CC2CCC2)NN)CCCCC1. The highest BCUT2D eigenvalue weighted by Gasteiger charge is 2.41. The van der Waals surface area contributed by atoms with Crippen LogP contribution < -0.4 is 11.3 Å². The maximum absolute atomic E-state index is 5.86. The molecular weight excluding hydrogens is 200 g/mol. The van der Waals surface area contributed by atoms with Gasteiger partial charge in [0.15, 0.2) is 0 Å². The fourth-order valence-corrected chi connectivity index (χ4v) is 3.34. The molecule has 2 saturated carbocycles. The van der Waals surface area contributed by atoms with Gasteiger partial charge in [0.2, 0.25) is 0 Å². The van der Waals surface area contributed by atoms with Crippen molar-refractivity contribution in [3.63, 3.8) is 0 Å². The molecule has 1 atom stereocenters. The smallest absolute Gasteiger partial charge is 0.0844 e. The Morgan fingerprint density at radius 2 is 1.94 bits per heavy atom. The third-order valence-electron chi connectivity index (χ3n) is 4.74. The number of rotatable bonds is 5. The van der Waals surface area contributed by atoms with E-state index in [1.54, 1.807) is 0 Å². The van der Waals surface area contributed by atoms with Crippen LogP contribution in [0.25, 0.3) is 0 Å². The Labute approximate surface area is 99.1 Å². The lowest BCUT2D eigenvalue weighted by Crippen LogP contribution is -2.56. The van der Waals surface area contributed by atoms with E-state index in [9.17, 15) is 0 Å².